The Morgan fingerprint density at radius 2 is 1.58 bits per heavy atom. The SMILES string of the molecule is CCOC(=O)C1CCCN(CCOC2(c3ccccc3)c3ccccc3-c3ccccc32)C1. The molecule has 1 heterocycles. The minimum absolute atomic E-state index is 0.0327. The second-order valence-electron chi connectivity index (χ2n) is 8.88. The van der Waals surface area contributed by atoms with Gasteiger partial charge >= 0.3 is 5.97 Å². The first-order chi connectivity index (χ1) is 16.2. The molecule has 4 heteroatoms. The Bertz CT molecular complexity index is 1070. The van der Waals surface area contributed by atoms with Crippen LogP contribution in [0.3, 0.4) is 0 Å². The molecule has 0 spiro atoms. The Morgan fingerprint density at radius 3 is 2.24 bits per heavy atom. The molecule has 3 aromatic rings. The van der Waals surface area contributed by atoms with Gasteiger partial charge in [-0.25, -0.2) is 0 Å². The highest BCUT2D eigenvalue weighted by atomic mass is 16.5. The monoisotopic (exact) mass is 441 g/mol. The second-order valence-corrected chi connectivity index (χ2v) is 8.88. The Morgan fingerprint density at radius 1 is 0.939 bits per heavy atom. The van der Waals surface area contributed by atoms with Crippen molar-refractivity contribution >= 4 is 5.97 Å². The van der Waals surface area contributed by atoms with E-state index in [0.29, 0.717) is 13.2 Å². The fourth-order valence-corrected chi connectivity index (χ4v) is 5.46. The predicted octanol–water partition coefficient (Wildman–Crippen LogP) is 5.25. The van der Waals surface area contributed by atoms with E-state index in [-0.39, 0.29) is 11.9 Å². The number of rotatable bonds is 7. The van der Waals surface area contributed by atoms with Gasteiger partial charge in [-0.05, 0) is 43.0 Å². The van der Waals surface area contributed by atoms with Crippen molar-refractivity contribution in [3.05, 3.63) is 95.6 Å². The number of esters is 1. The van der Waals surface area contributed by atoms with Gasteiger partial charge in [0, 0.05) is 24.2 Å². The third-order valence-corrected chi connectivity index (χ3v) is 6.93. The van der Waals surface area contributed by atoms with Crippen molar-refractivity contribution < 1.29 is 14.3 Å². The number of likely N-dealkylation sites (tertiary alicyclic amines) is 1. The molecule has 33 heavy (non-hydrogen) atoms. The summed E-state index contributed by atoms with van der Waals surface area (Å²) >= 11 is 0. The van der Waals surface area contributed by atoms with Crippen LogP contribution in [0.25, 0.3) is 11.1 Å². The minimum atomic E-state index is -0.634. The molecule has 0 N–H and O–H groups in total. The van der Waals surface area contributed by atoms with Gasteiger partial charge in [0.25, 0.3) is 0 Å². The normalized spacial score (nSPS) is 19.0. The van der Waals surface area contributed by atoms with Crippen LogP contribution in [0.4, 0.5) is 0 Å². The standard InChI is InChI=1S/C29H31NO3/c1-2-32-28(31)22-11-10-18-30(21-22)19-20-33-29(23-12-4-3-5-13-23)26-16-8-6-14-24(26)25-15-7-9-17-27(25)29/h3-9,12-17,22H,2,10-11,18-21H2,1H3. The maximum atomic E-state index is 12.3. The maximum Gasteiger partial charge on any atom is 0.310 e. The number of ether oxygens (including phenoxy) is 2. The minimum Gasteiger partial charge on any atom is -0.466 e. The molecule has 1 aliphatic carbocycles. The van der Waals surface area contributed by atoms with E-state index >= 15 is 0 Å². The van der Waals surface area contributed by atoms with Gasteiger partial charge in [0.2, 0.25) is 0 Å². The maximum absolute atomic E-state index is 12.3. The van der Waals surface area contributed by atoms with Crippen molar-refractivity contribution in [3.8, 4) is 11.1 Å². The quantitative estimate of drug-likeness (QED) is 0.470. The Kier molecular flexibility index (Phi) is 6.30. The van der Waals surface area contributed by atoms with Crippen LogP contribution in [0.5, 0.6) is 0 Å². The summed E-state index contributed by atoms with van der Waals surface area (Å²) < 4.78 is 12.2. The van der Waals surface area contributed by atoms with Crippen molar-refractivity contribution in [3.63, 3.8) is 0 Å². The molecule has 4 nitrogen and oxygen atoms in total. The highest BCUT2D eigenvalue weighted by Gasteiger charge is 2.45. The molecular weight excluding hydrogens is 410 g/mol. The number of carbonyl (C=O) groups excluding carboxylic acids is 1. The molecule has 3 aromatic carbocycles. The van der Waals surface area contributed by atoms with Gasteiger partial charge in [-0.2, -0.15) is 0 Å². The van der Waals surface area contributed by atoms with Crippen LogP contribution < -0.4 is 0 Å². The molecule has 0 aromatic heterocycles. The summed E-state index contributed by atoms with van der Waals surface area (Å²) in [4.78, 5) is 14.6. The lowest BCUT2D eigenvalue weighted by atomic mass is 9.84. The van der Waals surface area contributed by atoms with Crippen LogP contribution in [-0.2, 0) is 19.9 Å². The number of hydrogen-bond donors (Lipinski definition) is 0. The van der Waals surface area contributed by atoms with Gasteiger partial charge in [-0.3, -0.25) is 4.79 Å². The Hall–Kier alpha value is -2.95. The first-order valence-electron chi connectivity index (χ1n) is 12.0. The van der Waals surface area contributed by atoms with Crippen molar-refractivity contribution in [1.82, 2.24) is 4.90 Å². The van der Waals surface area contributed by atoms with Gasteiger partial charge in [-0.15, -0.1) is 0 Å². The van der Waals surface area contributed by atoms with Crippen LogP contribution in [0.1, 0.15) is 36.5 Å². The van der Waals surface area contributed by atoms with Crippen LogP contribution in [0, 0.1) is 5.92 Å². The Balaban J connectivity index is 1.43. The molecule has 1 saturated heterocycles. The zero-order chi connectivity index (χ0) is 22.7. The molecule has 0 saturated carbocycles. The molecule has 1 aliphatic heterocycles. The number of nitrogens with zero attached hydrogens (tertiary/aromatic N) is 1. The lowest BCUT2D eigenvalue weighted by Crippen LogP contribution is -2.42. The summed E-state index contributed by atoms with van der Waals surface area (Å²) in [6.07, 6.45) is 1.92. The van der Waals surface area contributed by atoms with Gasteiger partial charge in [0.1, 0.15) is 5.60 Å². The molecule has 1 fully saturated rings. The number of carbonyl (C=O) groups is 1. The summed E-state index contributed by atoms with van der Waals surface area (Å²) in [7, 11) is 0. The lowest BCUT2D eigenvalue weighted by Gasteiger charge is -2.35. The lowest BCUT2D eigenvalue weighted by molar-refractivity contribution is -0.150. The highest BCUT2D eigenvalue weighted by molar-refractivity contribution is 5.82. The highest BCUT2D eigenvalue weighted by Crippen LogP contribution is 2.53. The summed E-state index contributed by atoms with van der Waals surface area (Å²) in [6, 6.07) is 27.7. The molecule has 0 bridgehead atoms. The van der Waals surface area contributed by atoms with Crippen molar-refractivity contribution in [2.24, 2.45) is 5.92 Å². The van der Waals surface area contributed by atoms with Crippen molar-refractivity contribution in [2.45, 2.75) is 25.4 Å². The molecule has 1 unspecified atom stereocenters. The van der Waals surface area contributed by atoms with Gasteiger partial charge in [0.15, 0.2) is 0 Å². The van der Waals surface area contributed by atoms with Crippen molar-refractivity contribution in [2.75, 3.05) is 32.8 Å². The van der Waals surface area contributed by atoms with Gasteiger partial charge in [-0.1, -0.05) is 78.9 Å². The van der Waals surface area contributed by atoms with Gasteiger partial charge in [0.05, 0.1) is 19.1 Å². The summed E-state index contributed by atoms with van der Waals surface area (Å²) in [5.74, 6) is -0.0998. The fraction of sp³-hybridized carbons (Fsp3) is 0.345. The Labute approximate surface area is 196 Å². The van der Waals surface area contributed by atoms with E-state index in [1.54, 1.807) is 0 Å². The number of hydrogen-bond acceptors (Lipinski definition) is 4. The average molecular weight is 442 g/mol. The zero-order valence-electron chi connectivity index (χ0n) is 19.2. The summed E-state index contributed by atoms with van der Waals surface area (Å²) in [5, 5.41) is 0. The molecule has 170 valence electrons. The van der Waals surface area contributed by atoms with Crippen LogP contribution in [0.15, 0.2) is 78.9 Å². The van der Waals surface area contributed by atoms with Crippen LogP contribution in [0.2, 0.25) is 0 Å². The van der Waals surface area contributed by atoms with Crippen molar-refractivity contribution in [1.29, 1.82) is 0 Å². The number of piperidine rings is 1. The molecule has 0 amide bonds. The molecule has 2 aliphatic rings. The van der Waals surface area contributed by atoms with E-state index in [2.05, 4.69) is 77.7 Å². The molecule has 1 atom stereocenters. The zero-order valence-corrected chi connectivity index (χ0v) is 19.2. The smallest absolute Gasteiger partial charge is 0.310 e. The first-order valence-corrected chi connectivity index (χ1v) is 12.0. The van der Waals surface area contributed by atoms with E-state index in [1.165, 1.54) is 22.3 Å². The molecule has 0 radical (unpaired) electrons. The van der Waals surface area contributed by atoms with E-state index in [1.807, 2.05) is 13.0 Å². The number of fused-ring (bicyclic) bond motifs is 3. The van der Waals surface area contributed by atoms with E-state index < -0.39 is 5.60 Å². The third kappa shape index (κ3) is 3.98. The number of benzene rings is 3. The topological polar surface area (TPSA) is 38.8 Å². The molecular formula is C29H31NO3. The molecule has 5 rings (SSSR count). The first kappa shape index (κ1) is 21.9. The van der Waals surface area contributed by atoms with E-state index in [0.717, 1.165) is 38.0 Å². The van der Waals surface area contributed by atoms with Gasteiger partial charge < -0.3 is 14.4 Å². The largest absolute Gasteiger partial charge is 0.466 e. The van der Waals surface area contributed by atoms with Crippen LogP contribution in [-0.4, -0.2) is 43.7 Å². The summed E-state index contributed by atoms with van der Waals surface area (Å²) in [5.41, 5.74) is 5.37. The average Bonchev–Trinajstić information content (AvgIpc) is 3.16. The van der Waals surface area contributed by atoms with E-state index in [9.17, 15) is 4.79 Å². The predicted molar refractivity (Wildman–Crippen MR) is 130 cm³/mol. The van der Waals surface area contributed by atoms with E-state index in [4.69, 9.17) is 9.47 Å². The fourth-order valence-electron chi connectivity index (χ4n) is 5.46. The van der Waals surface area contributed by atoms with Crippen LogP contribution >= 0.6 is 0 Å². The second kappa shape index (κ2) is 9.50. The summed E-state index contributed by atoms with van der Waals surface area (Å²) in [6.45, 7) is 5.41. The third-order valence-electron chi connectivity index (χ3n) is 6.93.